The predicted molar refractivity (Wildman–Crippen MR) is 138 cm³/mol. The van der Waals surface area contributed by atoms with Crippen molar-refractivity contribution in [3.63, 3.8) is 0 Å². The number of hydrogen-bond donors (Lipinski definition) is 1. The van der Waals surface area contributed by atoms with E-state index in [0.717, 1.165) is 5.56 Å². The van der Waals surface area contributed by atoms with Crippen LogP contribution in [0.5, 0.6) is 0 Å². The first-order valence-corrected chi connectivity index (χ1v) is 12.5. The minimum absolute atomic E-state index is 0.150. The quantitative estimate of drug-likeness (QED) is 0.490. The Hall–Kier alpha value is -2.97. The molecule has 36 heavy (non-hydrogen) atoms. The molecule has 7 nitrogen and oxygen atoms in total. The van der Waals surface area contributed by atoms with Crippen LogP contribution in [0.2, 0.25) is 5.02 Å². The molecule has 2 N–H and O–H groups in total. The lowest BCUT2D eigenvalue weighted by molar-refractivity contribution is -0.104. The first-order valence-electron chi connectivity index (χ1n) is 12.1. The van der Waals surface area contributed by atoms with Gasteiger partial charge in [0, 0.05) is 17.5 Å². The van der Waals surface area contributed by atoms with Crippen molar-refractivity contribution in [2.24, 2.45) is 11.1 Å². The predicted octanol–water partition coefficient (Wildman–Crippen LogP) is 5.47. The van der Waals surface area contributed by atoms with Crippen LogP contribution in [0, 0.1) is 11.2 Å². The molecular weight excluding hydrogens is 481 g/mol. The van der Waals surface area contributed by atoms with Gasteiger partial charge in [-0.05, 0) is 43.0 Å². The molecule has 0 spiro atoms. The minimum atomic E-state index is -0.508. The van der Waals surface area contributed by atoms with Gasteiger partial charge < -0.3 is 15.4 Å². The fraction of sp³-hybridized carbons (Fsp3) is 0.444. The highest BCUT2D eigenvalue weighted by Gasteiger charge is 2.47. The van der Waals surface area contributed by atoms with Gasteiger partial charge in [0.2, 0.25) is 0 Å². The lowest BCUT2D eigenvalue weighted by atomic mass is 9.73. The third kappa shape index (κ3) is 5.39. The molecule has 3 unspecified atom stereocenters. The van der Waals surface area contributed by atoms with E-state index in [-0.39, 0.29) is 34.9 Å². The number of nitrogens with zero attached hydrogens (tertiary/aromatic N) is 4. The first-order chi connectivity index (χ1) is 17.0. The van der Waals surface area contributed by atoms with Crippen molar-refractivity contribution in [3.8, 4) is 11.4 Å². The molecule has 4 atom stereocenters. The lowest BCUT2D eigenvalue weighted by Crippen LogP contribution is -2.61. The van der Waals surface area contributed by atoms with Crippen LogP contribution >= 0.6 is 11.6 Å². The number of rotatable bonds is 5. The zero-order chi connectivity index (χ0) is 26.2. The van der Waals surface area contributed by atoms with Crippen LogP contribution < -0.4 is 5.73 Å². The van der Waals surface area contributed by atoms with Crippen LogP contribution in [0.15, 0.2) is 48.5 Å². The summed E-state index contributed by atoms with van der Waals surface area (Å²) in [6, 6.07) is 13.3. The molecule has 2 amide bonds. The second kappa shape index (κ2) is 10.2. The first kappa shape index (κ1) is 26.1. The van der Waals surface area contributed by atoms with Crippen molar-refractivity contribution >= 4 is 17.6 Å². The standard InChI is InChI=1S/C27H33ClFN5O2/c1-16-14-33(26(30)35)23(17(2)36-16)22(27(3,4)5)25-31-24(20-13-19(28)11-12-21(20)29)32-34(25)15-18-9-7-6-8-10-18/h6-13,16-17,22-23H,14-15H2,1-5H3,(H2,30,35)/t16?,17?,22-,23?/m1/s1. The van der Waals surface area contributed by atoms with Gasteiger partial charge in [-0.15, -0.1) is 0 Å². The molecule has 0 bridgehead atoms. The van der Waals surface area contributed by atoms with Gasteiger partial charge in [-0.3, -0.25) is 0 Å². The zero-order valence-electron chi connectivity index (χ0n) is 21.3. The second-order valence-electron chi connectivity index (χ2n) is 10.5. The van der Waals surface area contributed by atoms with E-state index >= 15 is 0 Å². The molecule has 1 saturated heterocycles. The van der Waals surface area contributed by atoms with Crippen LogP contribution in [0.25, 0.3) is 11.4 Å². The molecule has 192 valence electrons. The van der Waals surface area contributed by atoms with E-state index in [0.29, 0.717) is 23.9 Å². The molecule has 0 aliphatic carbocycles. The summed E-state index contributed by atoms with van der Waals surface area (Å²) in [4.78, 5) is 19.2. The summed E-state index contributed by atoms with van der Waals surface area (Å²) in [5, 5.41) is 5.14. The Balaban J connectivity index is 1.90. The molecular formula is C27H33ClFN5O2. The van der Waals surface area contributed by atoms with Crippen molar-refractivity contribution in [1.82, 2.24) is 19.7 Å². The average molecular weight is 514 g/mol. The Labute approximate surface area is 216 Å². The minimum Gasteiger partial charge on any atom is -0.372 e. The van der Waals surface area contributed by atoms with Gasteiger partial charge in [0.25, 0.3) is 0 Å². The van der Waals surface area contributed by atoms with Gasteiger partial charge in [0.05, 0.1) is 30.4 Å². The van der Waals surface area contributed by atoms with E-state index in [1.807, 2.05) is 44.2 Å². The SMILES string of the molecule is CC1CN(C(N)=O)C([C@H](c2nc(-c3cc(Cl)ccc3F)nn2Cc2ccccc2)C(C)(C)C)C(C)O1. The Kier molecular flexibility index (Phi) is 7.38. The summed E-state index contributed by atoms with van der Waals surface area (Å²) in [6.45, 7) is 10.9. The highest BCUT2D eigenvalue weighted by molar-refractivity contribution is 6.30. The molecule has 9 heteroatoms. The Morgan fingerprint density at radius 3 is 2.56 bits per heavy atom. The summed E-state index contributed by atoms with van der Waals surface area (Å²) >= 11 is 6.18. The molecule has 1 aliphatic heterocycles. The van der Waals surface area contributed by atoms with Crippen molar-refractivity contribution in [3.05, 3.63) is 70.8 Å². The summed E-state index contributed by atoms with van der Waals surface area (Å²) in [5.74, 6) is 0.0809. The molecule has 0 radical (unpaired) electrons. The van der Waals surface area contributed by atoms with Gasteiger partial charge in [0.1, 0.15) is 11.6 Å². The number of urea groups is 1. The van der Waals surface area contributed by atoms with E-state index in [4.69, 9.17) is 32.2 Å². The second-order valence-corrected chi connectivity index (χ2v) is 11.0. The smallest absolute Gasteiger partial charge is 0.315 e. The number of morpholine rings is 1. The van der Waals surface area contributed by atoms with E-state index in [9.17, 15) is 9.18 Å². The topological polar surface area (TPSA) is 86.3 Å². The van der Waals surface area contributed by atoms with Gasteiger partial charge in [0.15, 0.2) is 5.82 Å². The summed E-state index contributed by atoms with van der Waals surface area (Å²) in [6.07, 6.45) is -0.457. The van der Waals surface area contributed by atoms with Crippen LogP contribution in [0.3, 0.4) is 0 Å². The van der Waals surface area contributed by atoms with Crippen LogP contribution in [-0.4, -0.2) is 50.5 Å². The number of ether oxygens (including phenoxy) is 1. The monoisotopic (exact) mass is 513 g/mol. The number of primary amides is 1. The average Bonchev–Trinajstić information content (AvgIpc) is 3.19. The number of aromatic nitrogens is 3. The summed E-state index contributed by atoms with van der Waals surface area (Å²) in [7, 11) is 0. The summed E-state index contributed by atoms with van der Waals surface area (Å²) in [5.41, 5.74) is 6.72. The Morgan fingerprint density at radius 2 is 1.92 bits per heavy atom. The molecule has 3 aromatic rings. The number of carbonyl (C=O) groups is 1. The van der Waals surface area contributed by atoms with E-state index in [1.165, 1.54) is 18.2 Å². The van der Waals surface area contributed by atoms with Crippen LogP contribution in [0.4, 0.5) is 9.18 Å². The number of carbonyl (C=O) groups excluding carboxylic acids is 1. The van der Waals surface area contributed by atoms with E-state index < -0.39 is 17.9 Å². The van der Waals surface area contributed by atoms with Crippen molar-refractivity contribution < 1.29 is 13.9 Å². The van der Waals surface area contributed by atoms with Gasteiger partial charge >= 0.3 is 6.03 Å². The fourth-order valence-electron chi connectivity index (χ4n) is 5.12. The van der Waals surface area contributed by atoms with Crippen molar-refractivity contribution in [2.75, 3.05) is 6.54 Å². The maximum Gasteiger partial charge on any atom is 0.315 e. The molecule has 1 aromatic heterocycles. The number of amides is 2. The third-order valence-corrected chi connectivity index (χ3v) is 6.86. The normalized spacial score (nSPS) is 21.4. The summed E-state index contributed by atoms with van der Waals surface area (Å²) < 4.78 is 22.8. The lowest BCUT2D eigenvalue weighted by Gasteiger charge is -2.48. The largest absolute Gasteiger partial charge is 0.372 e. The van der Waals surface area contributed by atoms with E-state index in [2.05, 4.69) is 20.8 Å². The molecule has 2 aromatic carbocycles. The van der Waals surface area contributed by atoms with Crippen LogP contribution in [0.1, 0.15) is 51.9 Å². The maximum absolute atomic E-state index is 14.8. The van der Waals surface area contributed by atoms with Gasteiger partial charge in [-0.1, -0.05) is 62.7 Å². The van der Waals surface area contributed by atoms with Crippen molar-refractivity contribution in [1.29, 1.82) is 0 Å². The number of benzene rings is 2. The van der Waals surface area contributed by atoms with Gasteiger partial charge in [-0.2, -0.15) is 5.10 Å². The molecule has 4 rings (SSSR count). The Morgan fingerprint density at radius 1 is 1.22 bits per heavy atom. The molecule has 2 heterocycles. The maximum atomic E-state index is 14.8. The zero-order valence-corrected chi connectivity index (χ0v) is 22.0. The number of hydrogen-bond acceptors (Lipinski definition) is 4. The molecule has 1 fully saturated rings. The Bertz CT molecular complexity index is 1230. The number of halogens is 2. The highest BCUT2D eigenvalue weighted by atomic mass is 35.5. The third-order valence-electron chi connectivity index (χ3n) is 6.62. The molecule has 0 saturated carbocycles. The molecule has 1 aliphatic rings. The fourth-order valence-corrected chi connectivity index (χ4v) is 5.29. The van der Waals surface area contributed by atoms with Crippen LogP contribution in [-0.2, 0) is 11.3 Å². The van der Waals surface area contributed by atoms with E-state index in [1.54, 1.807) is 9.58 Å². The number of nitrogens with two attached hydrogens (primary N) is 1. The van der Waals surface area contributed by atoms with Crippen molar-refractivity contribution in [2.45, 2.75) is 65.3 Å². The highest BCUT2D eigenvalue weighted by Crippen LogP contribution is 2.43. The van der Waals surface area contributed by atoms with Gasteiger partial charge in [-0.25, -0.2) is 18.9 Å².